The quantitative estimate of drug-likeness (QED) is 0.663. The average Bonchev–Trinajstić information content (AvgIpc) is 2.21. The van der Waals surface area contributed by atoms with E-state index in [1.165, 1.54) is 6.07 Å². The fourth-order valence-electron chi connectivity index (χ4n) is 1.13. The molecule has 4 heteroatoms. The molecule has 0 heterocycles. The van der Waals surface area contributed by atoms with E-state index < -0.39 is 12.0 Å². The molecular weight excluding hydrogens is 182 g/mol. The molecule has 0 aliphatic heterocycles. The van der Waals surface area contributed by atoms with Gasteiger partial charge in [0.05, 0.1) is 0 Å². The summed E-state index contributed by atoms with van der Waals surface area (Å²) in [6, 6.07) is 3.65. The highest BCUT2D eigenvalue weighted by Crippen LogP contribution is 2.19. The lowest BCUT2D eigenvalue weighted by molar-refractivity contribution is -0.138. The third-order valence-electron chi connectivity index (χ3n) is 1.90. The van der Waals surface area contributed by atoms with Crippen molar-refractivity contribution in [3.05, 3.63) is 29.3 Å². The van der Waals surface area contributed by atoms with Gasteiger partial charge in [-0.15, -0.1) is 0 Å². The SMILES string of the molecule is [2H]Cc1ccc(O)c(C[C@H](N)C(=O)O)c1. The summed E-state index contributed by atoms with van der Waals surface area (Å²) in [5.74, 6) is -1.09. The number of carbonyl (C=O) groups is 1. The van der Waals surface area contributed by atoms with E-state index in [-0.39, 0.29) is 19.1 Å². The molecule has 0 saturated heterocycles. The Kier molecular flexibility index (Phi) is 2.65. The predicted molar refractivity (Wildman–Crippen MR) is 52.2 cm³/mol. The first-order valence-electron chi connectivity index (χ1n) is 4.83. The molecule has 1 rings (SSSR count). The summed E-state index contributed by atoms with van der Waals surface area (Å²) >= 11 is 0. The zero-order valence-corrected chi connectivity index (χ0v) is 7.60. The number of phenolic OH excluding ortho intramolecular Hbond substituents is 1. The van der Waals surface area contributed by atoms with Crippen molar-refractivity contribution < 1.29 is 16.4 Å². The van der Waals surface area contributed by atoms with Crippen LogP contribution in [0.5, 0.6) is 5.75 Å². The first-order chi connectivity index (χ1) is 7.04. The Morgan fingerprint density at radius 3 is 3.00 bits per heavy atom. The van der Waals surface area contributed by atoms with Crippen molar-refractivity contribution in [1.29, 1.82) is 0 Å². The smallest absolute Gasteiger partial charge is 0.320 e. The molecular formula is C10H13NO3. The number of aromatic hydroxyl groups is 1. The minimum Gasteiger partial charge on any atom is -0.508 e. The van der Waals surface area contributed by atoms with Gasteiger partial charge >= 0.3 is 5.97 Å². The molecule has 1 atom stereocenters. The van der Waals surface area contributed by atoms with E-state index >= 15 is 0 Å². The fraction of sp³-hybridized carbons (Fsp3) is 0.300. The van der Waals surface area contributed by atoms with Crippen molar-refractivity contribution in [2.75, 3.05) is 0 Å². The molecule has 0 amide bonds. The highest BCUT2D eigenvalue weighted by Gasteiger charge is 2.14. The molecule has 0 fully saturated rings. The van der Waals surface area contributed by atoms with Crippen LogP contribution in [-0.2, 0) is 11.2 Å². The minimum absolute atomic E-state index is 0.0175. The summed E-state index contributed by atoms with van der Waals surface area (Å²) < 4.78 is 7.15. The lowest BCUT2D eigenvalue weighted by Crippen LogP contribution is -2.32. The van der Waals surface area contributed by atoms with Crippen molar-refractivity contribution in [3.8, 4) is 5.75 Å². The lowest BCUT2D eigenvalue weighted by Gasteiger charge is -2.08. The van der Waals surface area contributed by atoms with Crippen LogP contribution in [-0.4, -0.2) is 22.2 Å². The average molecular weight is 196 g/mol. The van der Waals surface area contributed by atoms with Gasteiger partial charge < -0.3 is 15.9 Å². The maximum absolute atomic E-state index is 10.5. The summed E-state index contributed by atoms with van der Waals surface area (Å²) in [5.41, 5.74) is 6.54. The van der Waals surface area contributed by atoms with Gasteiger partial charge in [0.2, 0.25) is 0 Å². The van der Waals surface area contributed by atoms with Crippen molar-refractivity contribution in [1.82, 2.24) is 0 Å². The van der Waals surface area contributed by atoms with Crippen LogP contribution in [0.25, 0.3) is 0 Å². The number of aliphatic carboxylic acids is 1. The van der Waals surface area contributed by atoms with E-state index in [0.29, 0.717) is 5.56 Å². The van der Waals surface area contributed by atoms with E-state index in [9.17, 15) is 9.90 Å². The molecule has 4 nitrogen and oxygen atoms in total. The highest BCUT2D eigenvalue weighted by atomic mass is 16.4. The number of carboxylic acids is 1. The molecule has 4 N–H and O–H groups in total. The molecule has 0 bridgehead atoms. The van der Waals surface area contributed by atoms with E-state index in [4.69, 9.17) is 12.2 Å². The standard InChI is InChI=1S/C10H13NO3/c1-6-2-3-9(12)7(4-6)5-8(11)10(13)14/h2-4,8,12H,5,11H2,1H3,(H,13,14)/t8-/m0/s1/i1D. The number of rotatable bonds is 3. The molecule has 14 heavy (non-hydrogen) atoms. The topological polar surface area (TPSA) is 83.5 Å². The Labute approximate surface area is 83.4 Å². The third-order valence-corrected chi connectivity index (χ3v) is 1.90. The zero-order valence-electron chi connectivity index (χ0n) is 8.60. The van der Waals surface area contributed by atoms with Gasteiger partial charge in [-0.25, -0.2) is 0 Å². The van der Waals surface area contributed by atoms with Crippen LogP contribution < -0.4 is 5.73 Å². The van der Waals surface area contributed by atoms with Gasteiger partial charge in [0, 0.05) is 7.79 Å². The van der Waals surface area contributed by atoms with Crippen molar-refractivity contribution in [3.63, 3.8) is 0 Å². The molecule has 1 aromatic carbocycles. The second kappa shape index (κ2) is 4.11. The Bertz CT molecular complexity index is 368. The number of aryl methyl sites for hydroxylation is 1. The van der Waals surface area contributed by atoms with Crippen LogP contribution in [0.3, 0.4) is 0 Å². The normalized spacial score (nSPS) is 13.4. The molecule has 76 valence electrons. The van der Waals surface area contributed by atoms with Gasteiger partial charge in [-0.3, -0.25) is 4.79 Å². The van der Waals surface area contributed by atoms with Crippen molar-refractivity contribution in [2.24, 2.45) is 5.73 Å². The van der Waals surface area contributed by atoms with E-state index in [1.54, 1.807) is 12.1 Å². The maximum Gasteiger partial charge on any atom is 0.320 e. The molecule has 0 spiro atoms. The number of phenols is 1. The monoisotopic (exact) mass is 196 g/mol. The second-order valence-electron chi connectivity index (χ2n) is 3.11. The Morgan fingerprint density at radius 1 is 1.71 bits per heavy atom. The third kappa shape index (κ3) is 2.47. The van der Waals surface area contributed by atoms with Gasteiger partial charge in [-0.2, -0.15) is 0 Å². The predicted octanol–water partition coefficient (Wildman–Crippen LogP) is 0.655. The number of nitrogens with two attached hydrogens (primary N) is 1. The Balaban J connectivity index is 2.88. The number of hydrogen-bond acceptors (Lipinski definition) is 3. The fourth-order valence-corrected chi connectivity index (χ4v) is 1.13. The van der Waals surface area contributed by atoms with Crippen LogP contribution in [0.15, 0.2) is 18.2 Å². The van der Waals surface area contributed by atoms with E-state index in [0.717, 1.165) is 5.56 Å². The summed E-state index contributed by atoms with van der Waals surface area (Å²) in [7, 11) is 0. The van der Waals surface area contributed by atoms with E-state index in [2.05, 4.69) is 0 Å². The van der Waals surface area contributed by atoms with Crippen molar-refractivity contribution in [2.45, 2.75) is 19.4 Å². The number of hydrogen-bond donors (Lipinski definition) is 3. The summed E-state index contributed by atoms with van der Waals surface area (Å²) in [4.78, 5) is 10.5. The number of benzene rings is 1. The van der Waals surface area contributed by atoms with Crippen LogP contribution in [0.4, 0.5) is 0 Å². The van der Waals surface area contributed by atoms with Crippen LogP contribution in [0, 0.1) is 6.90 Å². The van der Waals surface area contributed by atoms with Gasteiger partial charge in [0.25, 0.3) is 0 Å². The first kappa shape index (κ1) is 9.02. The summed E-state index contributed by atoms with van der Waals surface area (Å²) in [5, 5.41) is 18.1. The Morgan fingerprint density at radius 2 is 2.43 bits per heavy atom. The molecule has 0 aliphatic rings. The number of carboxylic acid groups (broad SMARTS) is 1. The molecule has 0 unspecified atom stereocenters. The minimum atomic E-state index is -1.11. The highest BCUT2D eigenvalue weighted by molar-refractivity contribution is 5.73. The summed E-state index contributed by atoms with van der Waals surface area (Å²) in [6.45, 7) is 0.0928. The van der Waals surface area contributed by atoms with Gasteiger partial charge in [-0.1, -0.05) is 17.7 Å². The van der Waals surface area contributed by atoms with Gasteiger partial charge in [0.1, 0.15) is 11.8 Å². The van der Waals surface area contributed by atoms with Crippen molar-refractivity contribution >= 4 is 5.97 Å². The Hall–Kier alpha value is -1.55. The molecule has 0 saturated carbocycles. The first-order valence-corrected chi connectivity index (χ1v) is 4.13. The zero-order chi connectivity index (χ0) is 11.4. The van der Waals surface area contributed by atoms with Crippen LogP contribution in [0.1, 0.15) is 12.5 Å². The van der Waals surface area contributed by atoms with Crippen LogP contribution in [0.2, 0.25) is 0 Å². The van der Waals surface area contributed by atoms with Gasteiger partial charge in [-0.05, 0) is 18.5 Å². The molecule has 0 aromatic heterocycles. The molecule has 0 aliphatic carbocycles. The summed E-state index contributed by atoms with van der Waals surface area (Å²) in [6.07, 6.45) is 0.0645. The molecule has 0 radical (unpaired) electrons. The lowest BCUT2D eigenvalue weighted by atomic mass is 10.0. The van der Waals surface area contributed by atoms with Gasteiger partial charge in [0.15, 0.2) is 0 Å². The second-order valence-corrected chi connectivity index (χ2v) is 3.11. The van der Waals surface area contributed by atoms with E-state index in [1.807, 2.05) is 0 Å². The van der Waals surface area contributed by atoms with Crippen LogP contribution >= 0.6 is 0 Å². The molecule has 1 aromatic rings. The largest absolute Gasteiger partial charge is 0.508 e. The maximum atomic E-state index is 10.5.